The molecule has 0 heterocycles. The van der Waals surface area contributed by atoms with E-state index in [-0.39, 0.29) is 0 Å². The molecule has 0 aliphatic heterocycles. The molecule has 3 atom stereocenters. The summed E-state index contributed by atoms with van der Waals surface area (Å²) in [4.78, 5) is 0. The maximum Gasteiger partial charge on any atom is 0.0124 e. The lowest BCUT2D eigenvalue weighted by atomic mass is 9.50. The van der Waals surface area contributed by atoms with Gasteiger partial charge >= 0.3 is 0 Å². The van der Waals surface area contributed by atoms with Gasteiger partial charge in [0.2, 0.25) is 0 Å². The fourth-order valence-electron chi connectivity index (χ4n) is 4.25. The lowest BCUT2D eigenvalue weighted by Gasteiger charge is -2.58. The van der Waals surface area contributed by atoms with E-state index in [9.17, 15) is 0 Å². The van der Waals surface area contributed by atoms with Crippen LogP contribution in [0.5, 0.6) is 0 Å². The molecule has 0 saturated heterocycles. The van der Waals surface area contributed by atoms with E-state index in [2.05, 4.69) is 13.8 Å². The molecule has 2 aliphatic rings. The number of hydrogen-bond donors (Lipinski definition) is 1. The van der Waals surface area contributed by atoms with Crippen LogP contribution in [0, 0.1) is 17.3 Å². The highest BCUT2D eigenvalue weighted by Crippen LogP contribution is 2.54. The molecule has 0 radical (unpaired) electrons. The minimum atomic E-state index is 0.411. The van der Waals surface area contributed by atoms with Crippen LogP contribution in [0.4, 0.5) is 0 Å². The van der Waals surface area contributed by atoms with Gasteiger partial charge in [0.05, 0.1) is 0 Å². The molecule has 100 valence electrons. The Morgan fingerprint density at radius 2 is 1.24 bits per heavy atom. The number of rotatable bonds is 0. The first-order chi connectivity index (χ1) is 8.14. The fraction of sp³-hybridized carbons (Fsp3) is 1.00. The molecule has 2 saturated carbocycles. The number of nitrogens with two attached hydrogens (primary N) is 1. The summed E-state index contributed by atoms with van der Waals surface area (Å²) in [6.07, 6.45) is 14.4. The van der Waals surface area contributed by atoms with E-state index in [0.717, 1.165) is 11.8 Å². The van der Waals surface area contributed by atoms with Crippen LogP contribution in [-0.2, 0) is 0 Å². The molecule has 0 bridgehead atoms. The van der Waals surface area contributed by atoms with Gasteiger partial charge in [-0.05, 0) is 30.1 Å². The molecular weight excluding hydrogens is 206 g/mol. The van der Waals surface area contributed by atoms with Gasteiger partial charge in [-0.3, -0.25) is 0 Å². The highest BCUT2D eigenvalue weighted by atomic mass is 14.8. The van der Waals surface area contributed by atoms with Gasteiger partial charge in [-0.15, -0.1) is 0 Å². The van der Waals surface area contributed by atoms with E-state index in [0.29, 0.717) is 11.5 Å². The topological polar surface area (TPSA) is 26.0 Å². The molecule has 0 aromatic heterocycles. The van der Waals surface area contributed by atoms with Crippen molar-refractivity contribution in [1.82, 2.24) is 0 Å². The summed E-state index contributed by atoms with van der Waals surface area (Å²) in [6, 6.07) is 0.468. The molecule has 1 nitrogen and oxygen atoms in total. The van der Waals surface area contributed by atoms with E-state index < -0.39 is 0 Å². The second kappa shape index (κ2) is 5.73. The summed E-state index contributed by atoms with van der Waals surface area (Å²) in [6.45, 7) is 4.79. The molecule has 2 N–H and O–H groups in total. The minimum Gasteiger partial charge on any atom is -0.327 e. The third-order valence-corrected chi connectivity index (χ3v) is 5.60. The first-order valence-electron chi connectivity index (χ1n) is 7.89. The molecule has 2 rings (SSSR count). The Morgan fingerprint density at radius 3 is 1.82 bits per heavy atom. The van der Waals surface area contributed by atoms with Crippen molar-refractivity contribution in [3.63, 3.8) is 0 Å². The molecule has 17 heavy (non-hydrogen) atoms. The highest BCUT2D eigenvalue weighted by molar-refractivity contribution is 5.05. The Balaban J connectivity index is 1.90. The molecule has 3 unspecified atom stereocenters. The van der Waals surface area contributed by atoms with E-state index in [1.54, 1.807) is 0 Å². The van der Waals surface area contributed by atoms with Crippen LogP contribution in [0.1, 0.15) is 78.1 Å². The van der Waals surface area contributed by atoms with Crippen molar-refractivity contribution in [2.24, 2.45) is 23.0 Å². The molecule has 0 amide bonds. The average Bonchev–Trinajstić information content (AvgIpc) is 2.29. The minimum absolute atomic E-state index is 0.411. The third kappa shape index (κ3) is 2.86. The fourth-order valence-corrected chi connectivity index (χ4v) is 4.25. The third-order valence-electron chi connectivity index (χ3n) is 5.60. The predicted octanol–water partition coefficient (Wildman–Crippen LogP) is 4.50. The zero-order valence-corrected chi connectivity index (χ0v) is 11.9. The van der Waals surface area contributed by atoms with Gasteiger partial charge in [-0.1, -0.05) is 65.2 Å². The monoisotopic (exact) mass is 237 g/mol. The maximum atomic E-state index is 6.39. The first kappa shape index (κ1) is 13.4. The molecule has 2 aliphatic carbocycles. The molecule has 0 spiro atoms. The Labute approximate surface area is 108 Å². The molecular formula is C16H31N. The lowest BCUT2D eigenvalue weighted by Crippen LogP contribution is -2.62. The molecule has 2 fully saturated rings. The average molecular weight is 237 g/mol. The van der Waals surface area contributed by atoms with Crippen molar-refractivity contribution in [3.05, 3.63) is 0 Å². The van der Waals surface area contributed by atoms with Crippen molar-refractivity contribution < 1.29 is 0 Å². The van der Waals surface area contributed by atoms with E-state index >= 15 is 0 Å². The summed E-state index contributed by atoms with van der Waals surface area (Å²) in [5, 5.41) is 0. The van der Waals surface area contributed by atoms with Crippen LogP contribution in [0.3, 0.4) is 0 Å². The lowest BCUT2D eigenvalue weighted by molar-refractivity contribution is -0.0545. The SMILES string of the molecule is CC1(C)C(N)C2CCCCCCCCCCC21. The summed E-state index contributed by atoms with van der Waals surface area (Å²) < 4.78 is 0. The largest absolute Gasteiger partial charge is 0.327 e. The smallest absolute Gasteiger partial charge is 0.0124 e. The van der Waals surface area contributed by atoms with Crippen LogP contribution < -0.4 is 5.73 Å². The van der Waals surface area contributed by atoms with Gasteiger partial charge < -0.3 is 5.73 Å². The van der Waals surface area contributed by atoms with Crippen molar-refractivity contribution in [1.29, 1.82) is 0 Å². The zero-order valence-electron chi connectivity index (χ0n) is 11.9. The molecule has 0 aromatic carbocycles. The van der Waals surface area contributed by atoms with Crippen LogP contribution >= 0.6 is 0 Å². The summed E-state index contributed by atoms with van der Waals surface area (Å²) in [5.74, 6) is 1.75. The van der Waals surface area contributed by atoms with Gasteiger partial charge in [0.15, 0.2) is 0 Å². The molecule has 0 aromatic rings. The first-order valence-corrected chi connectivity index (χ1v) is 7.89. The quantitative estimate of drug-likeness (QED) is 0.659. The van der Waals surface area contributed by atoms with Crippen LogP contribution in [0.25, 0.3) is 0 Å². The highest BCUT2D eigenvalue weighted by Gasteiger charge is 2.52. The Kier molecular flexibility index (Phi) is 4.52. The normalized spacial score (nSPS) is 39.4. The Morgan fingerprint density at radius 1 is 0.765 bits per heavy atom. The van der Waals surface area contributed by atoms with Gasteiger partial charge in [0.25, 0.3) is 0 Å². The van der Waals surface area contributed by atoms with Crippen LogP contribution in [-0.4, -0.2) is 6.04 Å². The number of fused-ring (bicyclic) bond motifs is 1. The van der Waals surface area contributed by atoms with Gasteiger partial charge in [0.1, 0.15) is 0 Å². The maximum absolute atomic E-state index is 6.39. The summed E-state index contributed by atoms with van der Waals surface area (Å²) in [7, 11) is 0. The Bertz CT molecular complexity index is 234. The second-order valence-electron chi connectivity index (χ2n) is 7.02. The van der Waals surface area contributed by atoms with E-state index in [1.807, 2.05) is 0 Å². The second-order valence-corrected chi connectivity index (χ2v) is 7.02. The van der Waals surface area contributed by atoms with Crippen LogP contribution in [0.15, 0.2) is 0 Å². The standard InChI is InChI=1S/C16H31N/c1-16(2)14-12-10-8-6-4-3-5-7-9-11-13(14)15(16)17/h13-15H,3-12,17H2,1-2H3. The van der Waals surface area contributed by atoms with Gasteiger partial charge in [-0.25, -0.2) is 0 Å². The van der Waals surface area contributed by atoms with Crippen molar-refractivity contribution >= 4 is 0 Å². The van der Waals surface area contributed by atoms with Crippen LogP contribution in [0.2, 0.25) is 0 Å². The summed E-state index contributed by atoms with van der Waals surface area (Å²) in [5.41, 5.74) is 6.80. The summed E-state index contributed by atoms with van der Waals surface area (Å²) >= 11 is 0. The van der Waals surface area contributed by atoms with E-state index in [4.69, 9.17) is 5.73 Å². The van der Waals surface area contributed by atoms with Crippen molar-refractivity contribution in [2.45, 2.75) is 84.1 Å². The van der Waals surface area contributed by atoms with Gasteiger partial charge in [0, 0.05) is 6.04 Å². The van der Waals surface area contributed by atoms with Crippen molar-refractivity contribution in [2.75, 3.05) is 0 Å². The predicted molar refractivity (Wildman–Crippen MR) is 74.9 cm³/mol. The van der Waals surface area contributed by atoms with Gasteiger partial charge in [-0.2, -0.15) is 0 Å². The zero-order chi connectivity index (χ0) is 12.3. The molecule has 1 heteroatoms. The Hall–Kier alpha value is -0.0400. The van der Waals surface area contributed by atoms with Crippen molar-refractivity contribution in [3.8, 4) is 0 Å². The number of hydrogen-bond acceptors (Lipinski definition) is 1. The van der Waals surface area contributed by atoms with E-state index in [1.165, 1.54) is 64.2 Å².